The number of rotatable bonds is 4. The van der Waals surface area contributed by atoms with E-state index < -0.39 is 0 Å². The molecule has 4 heterocycles. The Hall–Kier alpha value is -1.40. The van der Waals surface area contributed by atoms with Crippen molar-refractivity contribution in [1.82, 2.24) is 20.4 Å². The highest BCUT2D eigenvalue weighted by Gasteiger charge is 2.33. The topological polar surface area (TPSA) is 61.4 Å². The predicted octanol–water partition coefficient (Wildman–Crippen LogP) is 2.73. The summed E-state index contributed by atoms with van der Waals surface area (Å²) in [6.45, 7) is 5.04. The Morgan fingerprint density at radius 2 is 1.85 bits per heavy atom. The smallest absolute Gasteiger partial charge is 0.223 e. The van der Waals surface area contributed by atoms with Crippen molar-refractivity contribution in [3.8, 4) is 0 Å². The number of carbonyl (C=O) groups is 1. The standard InChI is InChI=1S/C20H30ClN5O/c21-18-6-7-19(24-23-18)26-12-8-15(9-13-26)20(27)22-14-16-4-3-11-25-10-2-1-5-17(16)25/h6-7,15-17H,1-5,8-14H2,(H,22,27)/t16-,17-/m1/s1. The fourth-order valence-electron chi connectivity index (χ4n) is 5.04. The van der Waals surface area contributed by atoms with Crippen LogP contribution in [0.1, 0.15) is 44.9 Å². The van der Waals surface area contributed by atoms with E-state index in [-0.39, 0.29) is 11.8 Å². The van der Waals surface area contributed by atoms with Crippen LogP contribution in [-0.2, 0) is 4.79 Å². The first-order valence-corrected chi connectivity index (χ1v) is 10.8. The van der Waals surface area contributed by atoms with Gasteiger partial charge in [0.1, 0.15) is 0 Å². The third-order valence-electron chi connectivity index (χ3n) is 6.57. The molecule has 3 fully saturated rings. The Balaban J connectivity index is 1.24. The van der Waals surface area contributed by atoms with Gasteiger partial charge in [0.25, 0.3) is 0 Å². The fraction of sp³-hybridized carbons (Fsp3) is 0.750. The summed E-state index contributed by atoms with van der Waals surface area (Å²) in [4.78, 5) is 17.6. The number of aromatic nitrogens is 2. The zero-order chi connectivity index (χ0) is 18.6. The molecule has 0 unspecified atom stereocenters. The lowest BCUT2D eigenvalue weighted by Gasteiger charge is -2.44. The van der Waals surface area contributed by atoms with Crippen LogP contribution in [0, 0.1) is 11.8 Å². The van der Waals surface area contributed by atoms with Crippen LogP contribution in [-0.4, -0.2) is 59.8 Å². The third-order valence-corrected chi connectivity index (χ3v) is 6.78. The van der Waals surface area contributed by atoms with Gasteiger partial charge in [-0.3, -0.25) is 4.79 Å². The summed E-state index contributed by atoms with van der Waals surface area (Å²) in [5, 5.41) is 11.8. The van der Waals surface area contributed by atoms with Gasteiger partial charge in [0.05, 0.1) is 0 Å². The molecule has 3 aliphatic heterocycles. The van der Waals surface area contributed by atoms with Gasteiger partial charge in [0.15, 0.2) is 11.0 Å². The van der Waals surface area contributed by atoms with Crippen molar-refractivity contribution in [2.75, 3.05) is 37.6 Å². The van der Waals surface area contributed by atoms with Crippen molar-refractivity contribution in [3.05, 3.63) is 17.3 Å². The summed E-state index contributed by atoms with van der Waals surface area (Å²) in [7, 11) is 0. The Kier molecular flexibility index (Phi) is 6.13. The minimum Gasteiger partial charge on any atom is -0.356 e. The molecule has 0 aromatic carbocycles. The molecule has 1 N–H and O–H groups in total. The van der Waals surface area contributed by atoms with Gasteiger partial charge in [0, 0.05) is 31.6 Å². The van der Waals surface area contributed by atoms with Crippen molar-refractivity contribution in [2.24, 2.45) is 11.8 Å². The Bertz CT molecular complexity index is 630. The molecular formula is C20H30ClN5O. The number of anilines is 1. The highest BCUT2D eigenvalue weighted by Crippen LogP contribution is 2.30. The van der Waals surface area contributed by atoms with E-state index in [0.29, 0.717) is 17.1 Å². The van der Waals surface area contributed by atoms with Gasteiger partial charge >= 0.3 is 0 Å². The number of nitrogens with zero attached hydrogens (tertiary/aromatic N) is 4. The fourth-order valence-corrected chi connectivity index (χ4v) is 5.14. The van der Waals surface area contributed by atoms with Gasteiger partial charge in [-0.25, -0.2) is 0 Å². The zero-order valence-electron chi connectivity index (χ0n) is 15.9. The second-order valence-corrected chi connectivity index (χ2v) is 8.61. The number of carbonyl (C=O) groups excluding carboxylic acids is 1. The second kappa shape index (κ2) is 8.74. The van der Waals surface area contributed by atoms with Crippen molar-refractivity contribution < 1.29 is 4.79 Å². The molecule has 27 heavy (non-hydrogen) atoms. The van der Waals surface area contributed by atoms with Crippen LogP contribution < -0.4 is 10.2 Å². The van der Waals surface area contributed by atoms with Crippen LogP contribution in [0.5, 0.6) is 0 Å². The lowest BCUT2D eigenvalue weighted by Crippen LogP contribution is -2.51. The van der Waals surface area contributed by atoms with E-state index >= 15 is 0 Å². The number of hydrogen-bond acceptors (Lipinski definition) is 5. The maximum absolute atomic E-state index is 12.7. The van der Waals surface area contributed by atoms with Crippen molar-refractivity contribution in [3.63, 3.8) is 0 Å². The number of piperidine rings is 3. The van der Waals surface area contributed by atoms with Crippen LogP contribution in [0.15, 0.2) is 12.1 Å². The minimum absolute atomic E-state index is 0.118. The van der Waals surface area contributed by atoms with E-state index in [9.17, 15) is 4.79 Å². The third kappa shape index (κ3) is 4.54. The summed E-state index contributed by atoms with van der Waals surface area (Å²) in [6.07, 6.45) is 8.27. The lowest BCUT2D eigenvalue weighted by atomic mass is 9.83. The highest BCUT2D eigenvalue weighted by molar-refractivity contribution is 6.29. The summed E-state index contributed by atoms with van der Waals surface area (Å²) in [5.41, 5.74) is 0. The molecule has 4 rings (SSSR count). The van der Waals surface area contributed by atoms with Crippen molar-refractivity contribution >= 4 is 23.3 Å². The number of nitrogens with one attached hydrogen (secondary N) is 1. The monoisotopic (exact) mass is 391 g/mol. The molecule has 0 spiro atoms. The van der Waals surface area contributed by atoms with Gasteiger partial charge in [-0.2, -0.15) is 0 Å². The Labute approximate surface area is 166 Å². The number of halogens is 1. The number of fused-ring (bicyclic) bond motifs is 1. The minimum atomic E-state index is 0.118. The molecule has 148 valence electrons. The average molecular weight is 392 g/mol. The van der Waals surface area contributed by atoms with Crippen LogP contribution in [0.3, 0.4) is 0 Å². The van der Waals surface area contributed by atoms with Crippen LogP contribution >= 0.6 is 11.6 Å². The van der Waals surface area contributed by atoms with Gasteiger partial charge in [-0.05, 0) is 69.7 Å². The van der Waals surface area contributed by atoms with Gasteiger partial charge in [0.2, 0.25) is 5.91 Å². The van der Waals surface area contributed by atoms with E-state index in [1.54, 1.807) is 6.07 Å². The first-order valence-electron chi connectivity index (χ1n) is 10.5. The summed E-state index contributed by atoms with van der Waals surface area (Å²) >= 11 is 5.81. The second-order valence-electron chi connectivity index (χ2n) is 8.22. The summed E-state index contributed by atoms with van der Waals surface area (Å²) < 4.78 is 0. The first-order chi connectivity index (χ1) is 13.2. The van der Waals surface area contributed by atoms with Gasteiger partial charge in [-0.15, -0.1) is 10.2 Å². The molecule has 6 nitrogen and oxygen atoms in total. The average Bonchev–Trinajstić information content (AvgIpc) is 2.72. The van der Waals surface area contributed by atoms with Crippen molar-refractivity contribution in [2.45, 2.75) is 51.0 Å². The summed E-state index contributed by atoms with van der Waals surface area (Å²) in [6, 6.07) is 4.36. The van der Waals surface area contributed by atoms with E-state index in [0.717, 1.165) is 38.3 Å². The maximum Gasteiger partial charge on any atom is 0.223 e. The van der Waals surface area contributed by atoms with E-state index in [1.807, 2.05) is 6.07 Å². The number of hydrogen-bond donors (Lipinski definition) is 1. The van der Waals surface area contributed by atoms with Crippen molar-refractivity contribution in [1.29, 1.82) is 0 Å². The molecule has 3 aliphatic rings. The molecule has 0 aliphatic carbocycles. The lowest BCUT2D eigenvalue weighted by molar-refractivity contribution is -0.126. The predicted molar refractivity (Wildman–Crippen MR) is 107 cm³/mol. The van der Waals surface area contributed by atoms with Crippen LogP contribution in [0.25, 0.3) is 0 Å². The first kappa shape index (κ1) is 18.9. The molecular weight excluding hydrogens is 362 g/mol. The normalized spacial score (nSPS) is 27.2. The van der Waals surface area contributed by atoms with Crippen LogP contribution in [0.4, 0.5) is 5.82 Å². The molecule has 1 aromatic heterocycles. The van der Waals surface area contributed by atoms with Gasteiger partial charge < -0.3 is 15.1 Å². The molecule has 1 amide bonds. The van der Waals surface area contributed by atoms with E-state index in [2.05, 4.69) is 25.3 Å². The molecule has 1 aromatic rings. The highest BCUT2D eigenvalue weighted by atomic mass is 35.5. The Morgan fingerprint density at radius 1 is 1.04 bits per heavy atom. The largest absolute Gasteiger partial charge is 0.356 e. The van der Waals surface area contributed by atoms with Gasteiger partial charge in [-0.1, -0.05) is 18.0 Å². The molecule has 2 atom stereocenters. The van der Waals surface area contributed by atoms with E-state index in [4.69, 9.17) is 11.6 Å². The quantitative estimate of drug-likeness (QED) is 0.855. The Morgan fingerprint density at radius 3 is 2.63 bits per heavy atom. The molecule has 3 saturated heterocycles. The molecule has 0 radical (unpaired) electrons. The van der Waals surface area contributed by atoms with Crippen LogP contribution in [0.2, 0.25) is 5.15 Å². The molecule has 7 heteroatoms. The number of amides is 1. The molecule has 0 bridgehead atoms. The maximum atomic E-state index is 12.7. The summed E-state index contributed by atoms with van der Waals surface area (Å²) in [5.74, 6) is 1.84. The molecule has 0 saturated carbocycles. The van der Waals surface area contributed by atoms with E-state index in [1.165, 1.54) is 45.2 Å². The zero-order valence-corrected chi connectivity index (χ0v) is 16.7. The SMILES string of the molecule is O=C(NC[C@H]1CCCN2CCCC[C@H]12)C1CCN(c2ccc(Cl)nn2)CC1.